The zero-order chi connectivity index (χ0) is 13.8. The molecular formula is C16H18BrNO. The van der Waals surface area contributed by atoms with E-state index in [1.165, 1.54) is 5.56 Å². The second kappa shape index (κ2) is 6.33. The molecule has 0 fully saturated rings. The molecule has 19 heavy (non-hydrogen) atoms. The van der Waals surface area contributed by atoms with Crippen LogP contribution in [-0.4, -0.2) is 11.2 Å². The Morgan fingerprint density at radius 3 is 2.47 bits per heavy atom. The highest BCUT2D eigenvalue weighted by atomic mass is 79.9. The first-order valence-corrected chi connectivity index (χ1v) is 7.11. The SMILES string of the molecule is Cc1ccc([C@H](N)[C@H](O)Cc2ccccc2)c(Br)c1. The van der Waals surface area contributed by atoms with Crippen LogP contribution < -0.4 is 5.73 Å². The van der Waals surface area contributed by atoms with E-state index in [1.54, 1.807) is 0 Å². The zero-order valence-electron chi connectivity index (χ0n) is 10.9. The summed E-state index contributed by atoms with van der Waals surface area (Å²) in [6, 6.07) is 15.5. The number of aryl methyl sites for hydroxylation is 1. The smallest absolute Gasteiger partial charge is 0.0773 e. The van der Waals surface area contributed by atoms with Crippen molar-refractivity contribution in [1.82, 2.24) is 0 Å². The van der Waals surface area contributed by atoms with Crippen molar-refractivity contribution in [2.24, 2.45) is 5.73 Å². The molecule has 0 spiro atoms. The van der Waals surface area contributed by atoms with E-state index in [1.807, 2.05) is 55.5 Å². The second-order valence-electron chi connectivity index (χ2n) is 4.81. The average Bonchev–Trinajstić information content (AvgIpc) is 2.39. The van der Waals surface area contributed by atoms with Crippen molar-refractivity contribution in [3.05, 3.63) is 69.7 Å². The average molecular weight is 320 g/mol. The molecule has 2 aromatic carbocycles. The fraction of sp³-hybridized carbons (Fsp3) is 0.250. The van der Waals surface area contributed by atoms with Crippen molar-refractivity contribution in [3.8, 4) is 0 Å². The Morgan fingerprint density at radius 1 is 1.16 bits per heavy atom. The standard InChI is InChI=1S/C16H18BrNO/c1-11-7-8-13(14(17)9-11)16(18)15(19)10-12-5-3-2-4-6-12/h2-9,15-16,19H,10,18H2,1H3/t15-,16+/m1/s1. The minimum absolute atomic E-state index is 0.393. The number of aliphatic hydroxyl groups excluding tert-OH is 1. The minimum Gasteiger partial charge on any atom is -0.391 e. The lowest BCUT2D eigenvalue weighted by Gasteiger charge is -2.20. The Kier molecular flexibility index (Phi) is 4.75. The van der Waals surface area contributed by atoms with Crippen molar-refractivity contribution in [2.75, 3.05) is 0 Å². The Labute approximate surface area is 122 Å². The summed E-state index contributed by atoms with van der Waals surface area (Å²) in [5, 5.41) is 10.3. The predicted molar refractivity (Wildman–Crippen MR) is 82.0 cm³/mol. The van der Waals surface area contributed by atoms with Crippen molar-refractivity contribution < 1.29 is 5.11 Å². The zero-order valence-corrected chi connectivity index (χ0v) is 12.5. The van der Waals surface area contributed by atoms with Crippen molar-refractivity contribution >= 4 is 15.9 Å². The quantitative estimate of drug-likeness (QED) is 0.907. The van der Waals surface area contributed by atoms with Gasteiger partial charge in [0.2, 0.25) is 0 Å². The monoisotopic (exact) mass is 319 g/mol. The van der Waals surface area contributed by atoms with Gasteiger partial charge in [-0.2, -0.15) is 0 Å². The van der Waals surface area contributed by atoms with E-state index in [-0.39, 0.29) is 0 Å². The van der Waals surface area contributed by atoms with E-state index in [2.05, 4.69) is 15.9 Å². The van der Waals surface area contributed by atoms with Crippen molar-refractivity contribution in [2.45, 2.75) is 25.5 Å². The van der Waals surface area contributed by atoms with Crippen molar-refractivity contribution in [1.29, 1.82) is 0 Å². The van der Waals surface area contributed by atoms with Gasteiger partial charge in [0, 0.05) is 10.9 Å². The molecule has 0 radical (unpaired) electrons. The molecule has 0 amide bonds. The van der Waals surface area contributed by atoms with Crippen LogP contribution in [0.3, 0.4) is 0 Å². The highest BCUT2D eigenvalue weighted by molar-refractivity contribution is 9.10. The molecule has 0 aliphatic rings. The van der Waals surface area contributed by atoms with Crippen LogP contribution in [0.5, 0.6) is 0 Å². The molecule has 0 aromatic heterocycles. The molecule has 0 aliphatic carbocycles. The lowest BCUT2D eigenvalue weighted by molar-refractivity contribution is 0.145. The van der Waals surface area contributed by atoms with E-state index in [0.29, 0.717) is 6.42 Å². The summed E-state index contributed by atoms with van der Waals surface area (Å²) in [6.45, 7) is 2.03. The fourth-order valence-electron chi connectivity index (χ4n) is 2.09. The Hall–Kier alpha value is -1.16. The van der Waals surface area contributed by atoms with E-state index < -0.39 is 12.1 Å². The van der Waals surface area contributed by atoms with Gasteiger partial charge in [-0.25, -0.2) is 0 Å². The van der Waals surface area contributed by atoms with Crippen LogP contribution in [-0.2, 0) is 6.42 Å². The van der Waals surface area contributed by atoms with E-state index in [9.17, 15) is 5.11 Å². The molecule has 3 heteroatoms. The Balaban J connectivity index is 2.12. The third-order valence-electron chi connectivity index (χ3n) is 3.22. The fourth-order valence-corrected chi connectivity index (χ4v) is 2.85. The van der Waals surface area contributed by atoms with Crippen LogP contribution in [0.1, 0.15) is 22.7 Å². The predicted octanol–water partition coefficient (Wildman–Crippen LogP) is 3.36. The first kappa shape index (κ1) is 14.3. The van der Waals surface area contributed by atoms with E-state index >= 15 is 0 Å². The van der Waals surface area contributed by atoms with Gasteiger partial charge in [0.05, 0.1) is 12.1 Å². The summed E-state index contributed by atoms with van der Waals surface area (Å²) < 4.78 is 0.951. The summed E-state index contributed by atoms with van der Waals surface area (Å²) in [4.78, 5) is 0. The molecule has 0 saturated heterocycles. The summed E-state index contributed by atoms with van der Waals surface area (Å²) in [5.74, 6) is 0. The molecule has 0 aliphatic heterocycles. The normalized spacial score (nSPS) is 14.1. The number of nitrogens with two attached hydrogens (primary N) is 1. The summed E-state index contributed by atoms with van der Waals surface area (Å²) >= 11 is 3.51. The number of benzene rings is 2. The lowest BCUT2D eigenvalue weighted by atomic mass is 9.96. The molecular weight excluding hydrogens is 302 g/mol. The Morgan fingerprint density at radius 2 is 1.84 bits per heavy atom. The molecule has 2 aromatic rings. The van der Waals surface area contributed by atoms with Crippen LogP contribution in [0, 0.1) is 6.92 Å². The highest BCUT2D eigenvalue weighted by Crippen LogP contribution is 2.26. The molecule has 2 atom stereocenters. The van der Waals surface area contributed by atoms with Crippen LogP contribution in [0.4, 0.5) is 0 Å². The maximum atomic E-state index is 10.3. The van der Waals surface area contributed by atoms with Gasteiger partial charge in [0.15, 0.2) is 0 Å². The number of halogens is 1. The third kappa shape index (κ3) is 3.66. The second-order valence-corrected chi connectivity index (χ2v) is 5.66. The number of rotatable bonds is 4. The van der Waals surface area contributed by atoms with E-state index in [0.717, 1.165) is 15.6 Å². The Bertz CT molecular complexity index is 542. The van der Waals surface area contributed by atoms with Gasteiger partial charge in [-0.3, -0.25) is 0 Å². The number of hydrogen-bond donors (Lipinski definition) is 2. The van der Waals surface area contributed by atoms with Gasteiger partial charge < -0.3 is 10.8 Å². The molecule has 0 unspecified atom stereocenters. The van der Waals surface area contributed by atoms with Crippen LogP contribution in [0.25, 0.3) is 0 Å². The van der Waals surface area contributed by atoms with Crippen LogP contribution in [0.15, 0.2) is 53.0 Å². The summed E-state index contributed by atoms with van der Waals surface area (Å²) in [6.07, 6.45) is -0.0381. The molecule has 2 rings (SSSR count). The first-order chi connectivity index (χ1) is 9.08. The van der Waals surface area contributed by atoms with Crippen molar-refractivity contribution in [3.63, 3.8) is 0 Å². The third-order valence-corrected chi connectivity index (χ3v) is 3.90. The van der Waals surface area contributed by atoms with E-state index in [4.69, 9.17) is 5.73 Å². The number of aliphatic hydroxyl groups is 1. The van der Waals surface area contributed by atoms with Gasteiger partial charge in [-0.1, -0.05) is 58.4 Å². The first-order valence-electron chi connectivity index (χ1n) is 6.31. The van der Waals surface area contributed by atoms with Crippen LogP contribution in [0.2, 0.25) is 0 Å². The van der Waals surface area contributed by atoms with Gasteiger partial charge in [0.25, 0.3) is 0 Å². The molecule has 0 bridgehead atoms. The molecule has 0 saturated carbocycles. The van der Waals surface area contributed by atoms with Gasteiger partial charge in [-0.15, -0.1) is 0 Å². The minimum atomic E-state index is -0.596. The maximum absolute atomic E-state index is 10.3. The maximum Gasteiger partial charge on any atom is 0.0773 e. The highest BCUT2D eigenvalue weighted by Gasteiger charge is 2.19. The topological polar surface area (TPSA) is 46.2 Å². The molecule has 0 heterocycles. The van der Waals surface area contributed by atoms with Gasteiger partial charge >= 0.3 is 0 Å². The molecule has 3 N–H and O–H groups in total. The largest absolute Gasteiger partial charge is 0.391 e. The summed E-state index contributed by atoms with van der Waals surface area (Å²) in [5.41, 5.74) is 9.35. The summed E-state index contributed by atoms with van der Waals surface area (Å²) in [7, 11) is 0. The van der Waals surface area contributed by atoms with Gasteiger partial charge in [0.1, 0.15) is 0 Å². The van der Waals surface area contributed by atoms with Crippen LogP contribution >= 0.6 is 15.9 Å². The molecule has 2 nitrogen and oxygen atoms in total. The lowest BCUT2D eigenvalue weighted by Crippen LogP contribution is -2.28. The van der Waals surface area contributed by atoms with Gasteiger partial charge in [-0.05, 0) is 29.7 Å². The molecule has 100 valence electrons. The number of hydrogen-bond acceptors (Lipinski definition) is 2.